The minimum Gasteiger partial charge on any atom is -0.497 e. The Balaban J connectivity index is 1.38. The topological polar surface area (TPSA) is 82.6 Å². The molecule has 1 aliphatic heterocycles. The van der Waals surface area contributed by atoms with E-state index in [0.717, 1.165) is 21.2 Å². The van der Waals surface area contributed by atoms with Crippen molar-refractivity contribution in [3.8, 4) is 28.8 Å². The molecule has 0 saturated heterocycles. The van der Waals surface area contributed by atoms with Gasteiger partial charge in [-0.15, -0.1) is 10.2 Å². The second-order valence-electron chi connectivity index (χ2n) is 8.21. The molecule has 0 spiro atoms. The monoisotopic (exact) mass is 542 g/mol. The number of ether oxygens (including phenoxy) is 2. The van der Waals surface area contributed by atoms with Crippen molar-refractivity contribution in [3.63, 3.8) is 0 Å². The normalized spacial score (nSPS) is 12.1. The molecule has 3 heterocycles. The molecule has 0 fully saturated rings. The first-order valence-corrected chi connectivity index (χ1v) is 13.5. The number of methoxy groups -OCH3 is 2. The number of carbonyl (C=O) groups excluding carboxylic acids is 1. The first-order valence-electron chi connectivity index (χ1n) is 11.7. The van der Waals surface area contributed by atoms with Crippen LogP contribution in [0.3, 0.4) is 0 Å². The number of furan rings is 1. The third-order valence-electron chi connectivity index (χ3n) is 6.01. The van der Waals surface area contributed by atoms with Crippen LogP contribution < -0.4 is 14.4 Å². The lowest BCUT2D eigenvalue weighted by molar-refractivity contribution is -0.115. The van der Waals surface area contributed by atoms with E-state index in [1.54, 1.807) is 43.2 Å². The third-order valence-corrected chi connectivity index (χ3v) is 8.05. The maximum Gasteiger partial charge on any atom is 0.242 e. The van der Waals surface area contributed by atoms with Gasteiger partial charge in [0.25, 0.3) is 0 Å². The molecule has 1 amide bonds. The van der Waals surface area contributed by atoms with Crippen LogP contribution in [0.1, 0.15) is 0 Å². The molecule has 0 saturated carbocycles. The number of amides is 1. The molecular weight excluding hydrogens is 520 g/mol. The van der Waals surface area contributed by atoms with Gasteiger partial charge in [0, 0.05) is 15.9 Å². The van der Waals surface area contributed by atoms with Crippen molar-refractivity contribution >= 4 is 40.8 Å². The minimum absolute atomic E-state index is 0.0677. The zero-order chi connectivity index (χ0) is 26.1. The second-order valence-corrected chi connectivity index (χ2v) is 10.2. The van der Waals surface area contributed by atoms with Gasteiger partial charge >= 0.3 is 0 Å². The van der Waals surface area contributed by atoms with Gasteiger partial charge in [-0.2, -0.15) is 0 Å². The summed E-state index contributed by atoms with van der Waals surface area (Å²) >= 11 is 2.96. The predicted octanol–water partition coefficient (Wildman–Crippen LogP) is 6.47. The van der Waals surface area contributed by atoms with E-state index in [1.165, 1.54) is 11.8 Å². The lowest BCUT2D eigenvalue weighted by Crippen LogP contribution is -2.30. The van der Waals surface area contributed by atoms with E-state index in [1.807, 2.05) is 77.4 Å². The van der Waals surface area contributed by atoms with Gasteiger partial charge in [0.1, 0.15) is 11.5 Å². The van der Waals surface area contributed by atoms with Gasteiger partial charge in [0.2, 0.25) is 11.7 Å². The highest BCUT2D eigenvalue weighted by Crippen LogP contribution is 2.48. The third kappa shape index (κ3) is 4.31. The Hall–Kier alpha value is -4.15. The molecule has 190 valence electrons. The zero-order valence-corrected chi connectivity index (χ0v) is 22.2. The summed E-state index contributed by atoms with van der Waals surface area (Å²) in [5, 5.41) is 9.35. The van der Waals surface area contributed by atoms with E-state index in [2.05, 4.69) is 10.2 Å². The molecule has 0 unspecified atom stereocenters. The van der Waals surface area contributed by atoms with Crippen molar-refractivity contribution in [1.82, 2.24) is 14.8 Å². The summed E-state index contributed by atoms with van der Waals surface area (Å²) in [5.74, 6) is 2.34. The number of rotatable bonds is 7. The summed E-state index contributed by atoms with van der Waals surface area (Å²) in [6.45, 7) is 0. The lowest BCUT2D eigenvalue weighted by atomic mass is 10.2. The standard InChI is InChI=1S/C28H22N4O4S2/c1-34-18-13-14-22(35-2)21(16-18)32-27(23-10-7-15-36-23)29-30-28(32)37-17-26(33)31-19-8-3-5-11-24(19)38-25-12-6-4-9-20(25)31/h3-16H,17H2,1-2H3. The average Bonchev–Trinajstić information content (AvgIpc) is 3.64. The van der Waals surface area contributed by atoms with Crippen LogP contribution in [0.4, 0.5) is 11.4 Å². The predicted molar refractivity (Wildman–Crippen MR) is 147 cm³/mol. The van der Waals surface area contributed by atoms with Crippen LogP contribution in [0.5, 0.6) is 11.5 Å². The number of hydrogen-bond acceptors (Lipinski definition) is 8. The van der Waals surface area contributed by atoms with Gasteiger partial charge in [-0.25, -0.2) is 0 Å². The molecule has 1 aliphatic rings. The molecule has 5 aromatic rings. The van der Waals surface area contributed by atoms with Gasteiger partial charge < -0.3 is 13.9 Å². The van der Waals surface area contributed by atoms with Gasteiger partial charge in [-0.3, -0.25) is 14.3 Å². The molecule has 2 aromatic heterocycles. The fourth-order valence-corrected chi connectivity index (χ4v) is 6.13. The molecule has 3 aromatic carbocycles. The van der Waals surface area contributed by atoms with Gasteiger partial charge in [0.15, 0.2) is 10.9 Å². The lowest BCUT2D eigenvalue weighted by Gasteiger charge is -2.30. The molecule has 0 N–H and O–H groups in total. The highest BCUT2D eigenvalue weighted by atomic mass is 32.2. The fourth-order valence-electron chi connectivity index (χ4n) is 4.28. The number of thioether (sulfide) groups is 1. The zero-order valence-electron chi connectivity index (χ0n) is 20.5. The van der Waals surface area contributed by atoms with E-state index >= 15 is 0 Å². The molecule has 0 atom stereocenters. The molecule has 0 radical (unpaired) electrons. The summed E-state index contributed by atoms with van der Waals surface area (Å²) in [7, 11) is 3.20. The van der Waals surface area contributed by atoms with Crippen molar-refractivity contribution in [2.24, 2.45) is 0 Å². The van der Waals surface area contributed by atoms with Crippen molar-refractivity contribution in [2.75, 3.05) is 24.9 Å². The summed E-state index contributed by atoms with van der Waals surface area (Å²) < 4.78 is 18.6. The van der Waals surface area contributed by atoms with Crippen molar-refractivity contribution in [2.45, 2.75) is 14.9 Å². The maximum atomic E-state index is 13.8. The van der Waals surface area contributed by atoms with Crippen LogP contribution in [0.15, 0.2) is 104 Å². The number of anilines is 2. The summed E-state index contributed by atoms with van der Waals surface area (Å²) in [6, 6.07) is 24.9. The number of aromatic nitrogens is 3. The van der Waals surface area contributed by atoms with Crippen LogP contribution in [-0.2, 0) is 4.79 Å². The van der Waals surface area contributed by atoms with Gasteiger partial charge in [-0.05, 0) is 48.5 Å². The molecule has 6 rings (SSSR count). The fraction of sp³-hybridized carbons (Fsp3) is 0.107. The molecule has 38 heavy (non-hydrogen) atoms. The summed E-state index contributed by atoms with van der Waals surface area (Å²) in [6.07, 6.45) is 1.58. The van der Waals surface area contributed by atoms with E-state index in [0.29, 0.717) is 33.9 Å². The number of para-hydroxylation sites is 2. The first kappa shape index (κ1) is 24.2. The average molecular weight is 543 g/mol. The van der Waals surface area contributed by atoms with Gasteiger partial charge in [0.05, 0.1) is 43.3 Å². The molecule has 0 bridgehead atoms. The van der Waals surface area contributed by atoms with E-state index in [9.17, 15) is 4.79 Å². The first-order chi connectivity index (χ1) is 18.7. The maximum absolute atomic E-state index is 13.8. The SMILES string of the molecule is COc1ccc(OC)c(-n2c(SCC(=O)N3c4ccccc4Sc4ccccc43)nnc2-c2ccco2)c1. The highest BCUT2D eigenvalue weighted by molar-refractivity contribution is 8.00. The Morgan fingerprint density at radius 2 is 1.63 bits per heavy atom. The Kier molecular flexibility index (Phi) is 6.57. The van der Waals surface area contributed by atoms with Crippen molar-refractivity contribution in [1.29, 1.82) is 0 Å². The Bertz CT molecular complexity index is 1570. The summed E-state index contributed by atoms with van der Waals surface area (Å²) in [4.78, 5) is 17.6. The number of carbonyl (C=O) groups is 1. The number of nitrogens with zero attached hydrogens (tertiary/aromatic N) is 4. The van der Waals surface area contributed by atoms with Crippen LogP contribution in [0.25, 0.3) is 17.3 Å². The van der Waals surface area contributed by atoms with Crippen LogP contribution >= 0.6 is 23.5 Å². The minimum atomic E-state index is -0.0677. The molecule has 0 aliphatic carbocycles. The van der Waals surface area contributed by atoms with Crippen LogP contribution in [-0.4, -0.2) is 40.6 Å². The number of hydrogen-bond donors (Lipinski definition) is 0. The van der Waals surface area contributed by atoms with E-state index in [4.69, 9.17) is 13.9 Å². The molecule has 10 heteroatoms. The van der Waals surface area contributed by atoms with Crippen molar-refractivity contribution < 1.29 is 18.7 Å². The Morgan fingerprint density at radius 1 is 0.895 bits per heavy atom. The smallest absolute Gasteiger partial charge is 0.242 e. The molecular formula is C28H22N4O4S2. The number of benzene rings is 3. The van der Waals surface area contributed by atoms with E-state index in [-0.39, 0.29) is 11.7 Å². The van der Waals surface area contributed by atoms with Gasteiger partial charge in [-0.1, -0.05) is 47.8 Å². The second kappa shape index (κ2) is 10.3. The quantitative estimate of drug-likeness (QED) is 0.217. The Morgan fingerprint density at radius 3 is 2.29 bits per heavy atom. The molecule has 8 nitrogen and oxygen atoms in total. The van der Waals surface area contributed by atoms with E-state index < -0.39 is 0 Å². The van der Waals surface area contributed by atoms with Crippen LogP contribution in [0, 0.1) is 0 Å². The highest BCUT2D eigenvalue weighted by Gasteiger charge is 2.29. The number of fused-ring (bicyclic) bond motifs is 2. The summed E-state index contributed by atoms with van der Waals surface area (Å²) in [5.41, 5.74) is 2.41. The largest absolute Gasteiger partial charge is 0.497 e. The van der Waals surface area contributed by atoms with Crippen LogP contribution in [0.2, 0.25) is 0 Å². The van der Waals surface area contributed by atoms with Crippen molar-refractivity contribution in [3.05, 3.63) is 85.1 Å². The Labute approximate surface area is 227 Å².